The number of aromatic nitrogens is 4. The van der Waals surface area contributed by atoms with Gasteiger partial charge in [0.15, 0.2) is 5.65 Å². The van der Waals surface area contributed by atoms with Crippen molar-refractivity contribution < 1.29 is 0 Å². The van der Waals surface area contributed by atoms with E-state index >= 15 is 0 Å². The number of aryl methyl sites for hydroxylation is 1. The Hall–Kier alpha value is -3.32. The first kappa shape index (κ1) is 19.6. The molecule has 2 aromatic heterocycles. The zero-order valence-corrected chi connectivity index (χ0v) is 17.9. The molecule has 4 aromatic rings. The van der Waals surface area contributed by atoms with Crippen molar-refractivity contribution >= 4 is 40.1 Å². The molecule has 0 fully saturated rings. The van der Waals surface area contributed by atoms with Crippen LogP contribution in [0.2, 0.25) is 5.02 Å². The molecule has 3 N–H and O–H groups in total. The van der Waals surface area contributed by atoms with E-state index < -0.39 is 0 Å². The van der Waals surface area contributed by atoms with Gasteiger partial charge in [-0.05, 0) is 42.2 Å². The maximum Gasteiger partial charge on any atom is 0.224 e. The summed E-state index contributed by atoms with van der Waals surface area (Å²) in [5.74, 6) is 1.08. The molecule has 0 saturated heterocycles. The van der Waals surface area contributed by atoms with E-state index in [0.717, 1.165) is 55.2 Å². The fourth-order valence-electron chi connectivity index (χ4n) is 4.26. The van der Waals surface area contributed by atoms with Gasteiger partial charge in [-0.15, -0.1) is 0 Å². The summed E-state index contributed by atoms with van der Waals surface area (Å²) in [6.07, 6.45) is 3.83. The van der Waals surface area contributed by atoms with Gasteiger partial charge in [0, 0.05) is 36.9 Å². The number of nitrogens with one attached hydrogen (secondary N) is 1. The molecule has 158 valence electrons. The molecule has 0 saturated carbocycles. The summed E-state index contributed by atoms with van der Waals surface area (Å²) < 4.78 is 0. The van der Waals surface area contributed by atoms with Gasteiger partial charge in [-0.25, -0.2) is 0 Å². The van der Waals surface area contributed by atoms with Crippen molar-refractivity contribution in [2.75, 3.05) is 35.2 Å². The van der Waals surface area contributed by atoms with Gasteiger partial charge < -0.3 is 15.5 Å². The number of H-pyrrole nitrogens is 1. The Kier molecular flexibility index (Phi) is 5.34. The highest BCUT2D eigenvalue weighted by atomic mass is 35.5. The first-order chi connectivity index (χ1) is 15.2. The van der Waals surface area contributed by atoms with Crippen LogP contribution in [0.1, 0.15) is 17.5 Å². The van der Waals surface area contributed by atoms with Crippen molar-refractivity contribution in [1.82, 2.24) is 20.2 Å². The number of halogens is 1. The van der Waals surface area contributed by atoms with Crippen LogP contribution in [0.25, 0.3) is 11.0 Å². The summed E-state index contributed by atoms with van der Waals surface area (Å²) >= 11 is 6.14. The van der Waals surface area contributed by atoms with Crippen LogP contribution >= 0.6 is 11.6 Å². The van der Waals surface area contributed by atoms with Gasteiger partial charge in [-0.2, -0.15) is 15.1 Å². The highest BCUT2D eigenvalue weighted by Crippen LogP contribution is 2.30. The Labute approximate surface area is 185 Å². The number of benzene rings is 2. The van der Waals surface area contributed by atoms with Crippen LogP contribution in [0.5, 0.6) is 0 Å². The highest BCUT2D eigenvalue weighted by molar-refractivity contribution is 6.30. The molecule has 0 aliphatic carbocycles. The third-order valence-corrected chi connectivity index (χ3v) is 5.96. The lowest BCUT2D eigenvalue weighted by molar-refractivity contribution is 0.714. The molecule has 0 radical (unpaired) electrons. The zero-order valence-electron chi connectivity index (χ0n) is 17.1. The van der Waals surface area contributed by atoms with E-state index in [-0.39, 0.29) is 5.95 Å². The van der Waals surface area contributed by atoms with Crippen molar-refractivity contribution in [2.45, 2.75) is 19.4 Å². The molecule has 0 bridgehead atoms. The van der Waals surface area contributed by atoms with Crippen LogP contribution in [-0.4, -0.2) is 39.8 Å². The number of anilines is 3. The lowest BCUT2D eigenvalue weighted by Gasteiger charge is -2.25. The first-order valence-corrected chi connectivity index (χ1v) is 10.8. The van der Waals surface area contributed by atoms with E-state index in [1.165, 1.54) is 16.8 Å². The minimum Gasteiger partial charge on any atom is -0.369 e. The second-order valence-corrected chi connectivity index (χ2v) is 8.24. The summed E-state index contributed by atoms with van der Waals surface area (Å²) in [6.45, 7) is 3.47. The van der Waals surface area contributed by atoms with Crippen LogP contribution in [0, 0.1) is 0 Å². The monoisotopic (exact) mass is 433 g/mol. The molecular weight excluding hydrogens is 410 g/mol. The molecule has 3 heterocycles. The Morgan fingerprint density at radius 3 is 2.87 bits per heavy atom. The van der Waals surface area contributed by atoms with E-state index in [1.54, 1.807) is 6.20 Å². The predicted molar refractivity (Wildman–Crippen MR) is 126 cm³/mol. The number of hydrogen-bond acceptors (Lipinski definition) is 6. The van der Waals surface area contributed by atoms with Gasteiger partial charge in [0.2, 0.25) is 5.95 Å². The molecule has 0 unspecified atom stereocenters. The normalized spacial score (nSPS) is 14.0. The second-order valence-electron chi connectivity index (χ2n) is 7.81. The number of aromatic amines is 1. The maximum absolute atomic E-state index is 6.14. The Bertz CT molecular complexity index is 1210. The minimum absolute atomic E-state index is 0.252. The number of hydrogen-bond donors (Lipinski definition) is 2. The van der Waals surface area contributed by atoms with Crippen LogP contribution < -0.4 is 15.5 Å². The molecule has 8 heteroatoms. The maximum atomic E-state index is 6.14. The number of nitrogen functional groups attached to an aromatic ring is 1. The Balaban J connectivity index is 1.37. The van der Waals surface area contributed by atoms with Gasteiger partial charge in [-0.1, -0.05) is 41.9 Å². The average molecular weight is 434 g/mol. The molecule has 7 nitrogen and oxygen atoms in total. The number of fused-ring (bicyclic) bond motifs is 2. The largest absolute Gasteiger partial charge is 0.369 e. The van der Waals surface area contributed by atoms with Crippen molar-refractivity contribution in [1.29, 1.82) is 0 Å². The number of para-hydroxylation sites is 1. The standard InChI is InChI=1S/C23H24ClN7/c24-18-8-3-5-16(13-18)6-4-10-30-11-12-31(15-17-7-1-2-9-20(17)30)22-19-14-26-29-21(19)27-23(25)28-22/h1-3,5,7-9,13-14H,4,6,10-12,15H2,(H3,25,26,27,28,29). The van der Waals surface area contributed by atoms with Crippen LogP contribution in [-0.2, 0) is 13.0 Å². The third kappa shape index (κ3) is 4.14. The average Bonchev–Trinajstić information content (AvgIpc) is 3.15. The van der Waals surface area contributed by atoms with Gasteiger partial charge in [0.25, 0.3) is 0 Å². The number of nitrogens with two attached hydrogens (primary N) is 1. The van der Waals surface area contributed by atoms with Gasteiger partial charge >= 0.3 is 0 Å². The van der Waals surface area contributed by atoms with Crippen molar-refractivity contribution in [3.05, 3.63) is 70.9 Å². The van der Waals surface area contributed by atoms with E-state index in [1.807, 2.05) is 12.1 Å². The molecular formula is C23H24ClN7. The lowest BCUT2D eigenvalue weighted by Crippen LogP contribution is -2.32. The summed E-state index contributed by atoms with van der Waals surface area (Å²) in [7, 11) is 0. The van der Waals surface area contributed by atoms with E-state index in [4.69, 9.17) is 17.3 Å². The van der Waals surface area contributed by atoms with Gasteiger partial charge in [0.1, 0.15) is 5.82 Å². The minimum atomic E-state index is 0.252. The summed E-state index contributed by atoms with van der Waals surface area (Å²) in [6, 6.07) is 16.7. The topological polar surface area (TPSA) is 87.0 Å². The van der Waals surface area contributed by atoms with Gasteiger partial charge in [-0.3, -0.25) is 5.10 Å². The molecule has 0 spiro atoms. The zero-order chi connectivity index (χ0) is 21.2. The van der Waals surface area contributed by atoms with Crippen LogP contribution in [0.4, 0.5) is 17.5 Å². The molecule has 1 aliphatic rings. The molecule has 31 heavy (non-hydrogen) atoms. The predicted octanol–water partition coefficient (Wildman–Crippen LogP) is 4.05. The van der Waals surface area contributed by atoms with E-state index in [2.05, 4.69) is 66.4 Å². The molecule has 0 atom stereocenters. The highest BCUT2D eigenvalue weighted by Gasteiger charge is 2.22. The SMILES string of the molecule is Nc1nc(N2CCN(CCCc3cccc(Cl)c3)c3ccccc3C2)c2cn[nH]c2n1. The van der Waals surface area contributed by atoms with E-state index in [9.17, 15) is 0 Å². The second kappa shape index (κ2) is 8.43. The summed E-state index contributed by atoms with van der Waals surface area (Å²) in [5, 5.41) is 8.71. The molecule has 2 aromatic carbocycles. The number of nitrogens with zero attached hydrogens (tertiary/aromatic N) is 5. The number of rotatable bonds is 5. The molecule has 5 rings (SSSR count). The Morgan fingerprint density at radius 1 is 1.06 bits per heavy atom. The smallest absolute Gasteiger partial charge is 0.224 e. The Morgan fingerprint density at radius 2 is 1.97 bits per heavy atom. The van der Waals surface area contributed by atoms with Crippen LogP contribution in [0.15, 0.2) is 54.7 Å². The molecule has 1 aliphatic heterocycles. The quantitative estimate of drug-likeness (QED) is 0.493. The fraction of sp³-hybridized carbons (Fsp3) is 0.261. The fourth-order valence-corrected chi connectivity index (χ4v) is 4.47. The van der Waals surface area contributed by atoms with Crippen molar-refractivity contribution in [3.8, 4) is 0 Å². The third-order valence-electron chi connectivity index (χ3n) is 5.72. The van der Waals surface area contributed by atoms with Crippen molar-refractivity contribution in [3.63, 3.8) is 0 Å². The van der Waals surface area contributed by atoms with Gasteiger partial charge in [0.05, 0.1) is 11.6 Å². The lowest BCUT2D eigenvalue weighted by atomic mass is 10.1. The summed E-state index contributed by atoms with van der Waals surface area (Å²) in [4.78, 5) is 13.5. The van der Waals surface area contributed by atoms with Crippen LogP contribution in [0.3, 0.4) is 0 Å². The first-order valence-electron chi connectivity index (χ1n) is 10.5. The molecule has 0 amide bonds. The summed E-state index contributed by atoms with van der Waals surface area (Å²) in [5.41, 5.74) is 10.5. The van der Waals surface area contributed by atoms with Crippen molar-refractivity contribution in [2.24, 2.45) is 0 Å². The van der Waals surface area contributed by atoms with E-state index in [0.29, 0.717) is 5.65 Å².